The van der Waals surface area contributed by atoms with Gasteiger partial charge >= 0.3 is 0 Å². The van der Waals surface area contributed by atoms with Crippen LogP contribution < -0.4 is 5.73 Å². The van der Waals surface area contributed by atoms with Crippen LogP contribution in [-0.2, 0) is 6.54 Å². The summed E-state index contributed by atoms with van der Waals surface area (Å²) in [4.78, 5) is 2.52. The average molecular weight is 269 g/mol. The fourth-order valence-corrected chi connectivity index (χ4v) is 2.59. The Morgan fingerprint density at radius 3 is 2.56 bits per heavy atom. The minimum absolute atomic E-state index is 0. The molecule has 1 heterocycles. The van der Waals surface area contributed by atoms with Crippen molar-refractivity contribution in [3.8, 4) is 0 Å². The van der Waals surface area contributed by atoms with Crippen molar-refractivity contribution in [2.45, 2.75) is 33.7 Å². The number of rotatable bonds is 3. The molecule has 0 radical (unpaired) electrons. The van der Waals surface area contributed by atoms with Gasteiger partial charge in [0.2, 0.25) is 0 Å². The summed E-state index contributed by atoms with van der Waals surface area (Å²) in [5, 5.41) is 0. The Hall–Kier alpha value is -0.570. The van der Waals surface area contributed by atoms with E-state index in [2.05, 4.69) is 43.9 Å². The Kier molecular flexibility index (Phi) is 5.20. The Bertz CT molecular complexity index is 405. The first kappa shape index (κ1) is 15.5. The van der Waals surface area contributed by atoms with Gasteiger partial charge in [0.15, 0.2) is 0 Å². The van der Waals surface area contributed by atoms with Gasteiger partial charge in [0.25, 0.3) is 0 Å². The van der Waals surface area contributed by atoms with Gasteiger partial charge in [0.05, 0.1) is 0 Å². The van der Waals surface area contributed by atoms with Crippen molar-refractivity contribution in [2.24, 2.45) is 11.1 Å². The van der Waals surface area contributed by atoms with Gasteiger partial charge in [-0.25, -0.2) is 0 Å². The normalized spacial score (nSPS) is 24.0. The van der Waals surface area contributed by atoms with Gasteiger partial charge in [-0.05, 0) is 55.5 Å². The molecule has 2 rings (SSSR count). The number of nitrogens with zero attached hydrogens (tertiary/aromatic N) is 1. The highest BCUT2D eigenvalue weighted by molar-refractivity contribution is 5.85. The molecular formula is C15H25ClN2. The van der Waals surface area contributed by atoms with E-state index in [0.717, 1.165) is 19.6 Å². The molecule has 0 aromatic heterocycles. The molecule has 1 aromatic carbocycles. The van der Waals surface area contributed by atoms with E-state index in [1.54, 1.807) is 0 Å². The Morgan fingerprint density at radius 2 is 2.00 bits per heavy atom. The van der Waals surface area contributed by atoms with Gasteiger partial charge in [-0.15, -0.1) is 12.4 Å². The molecule has 0 aliphatic carbocycles. The second-order valence-electron chi connectivity index (χ2n) is 5.89. The smallest absolute Gasteiger partial charge is 0.0234 e. The van der Waals surface area contributed by atoms with E-state index in [1.165, 1.54) is 29.7 Å². The first-order valence-electron chi connectivity index (χ1n) is 6.51. The molecule has 1 aliphatic heterocycles. The second-order valence-corrected chi connectivity index (χ2v) is 5.89. The highest BCUT2D eigenvalue weighted by Crippen LogP contribution is 2.29. The summed E-state index contributed by atoms with van der Waals surface area (Å²) in [5.74, 6) is 0. The maximum Gasteiger partial charge on any atom is 0.0234 e. The molecule has 1 saturated heterocycles. The van der Waals surface area contributed by atoms with Crippen LogP contribution in [0.15, 0.2) is 18.2 Å². The van der Waals surface area contributed by atoms with Crippen LogP contribution in [0.1, 0.15) is 30.0 Å². The summed E-state index contributed by atoms with van der Waals surface area (Å²) in [6.45, 7) is 10.8. The number of halogens is 1. The summed E-state index contributed by atoms with van der Waals surface area (Å²) in [6, 6.07) is 6.79. The molecule has 0 spiro atoms. The number of benzene rings is 1. The van der Waals surface area contributed by atoms with Crippen LogP contribution >= 0.6 is 12.4 Å². The molecule has 1 aromatic rings. The first-order valence-corrected chi connectivity index (χ1v) is 6.51. The number of aryl methyl sites for hydroxylation is 2. The Morgan fingerprint density at radius 1 is 1.28 bits per heavy atom. The highest BCUT2D eigenvalue weighted by Gasteiger charge is 2.32. The van der Waals surface area contributed by atoms with E-state index in [4.69, 9.17) is 5.73 Å². The monoisotopic (exact) mass is 268 g/mol. The van der Waals surface area contributed by atoms with Crippen molar-refractivity contribution < 1.29 is 0 Å². The van der Waals surface area contributed by atoms with Crippen LogP contribution in [-0.4, -0.2) is 24.5 Å². The molecule has 1 atom stereocenters. The van der Waals surface area contributed by atoms with Crippen LogP contribution in [0.5, 0.6) is 0 Å². The van der Waals surface area contributed by atoms with E-state index < -0.39 is 0 Å². The molecular weight excluding hydrogens is 244 g/mol. The number of nitrogens with two attached hydrogens (primary N) is 1. The fraction of sp³-hybridized carbons (Fsp3) is 0.600. The van der Waals surface area contributed by atoms with Crippen molar-refractivity contribution in [3.05, 3.63) is 34.9 Å². The molecule has 2 nitrogen and oxygen atoms in total. The topological polar surface area (TPSA) is 29.3 Å². The van der Waals surface area contributed by atoms with E-state index in [-0.39, 0.29) is 12.4 Å². The van der Waals surface area contributed by atoms with E-state index in [0.29, 0.717) is 5.41 Å². The minimum atomic E-state index is 0. The summed E-state index contributed by atoms with van der Waals surface area (Å²) in [6.07, 6.45) is 1.23. The maximum absolute atomic E-state index is 5.84. The van der Waals surface area contributed by atoms with Gasteiger partial charge in [-0.2, -0.15) is 0 Å². The van der Waals surface area contributed by atoms with Crippen molar-refractivity contribution in [2.75, 3.05) is 19.6 Å². The molecule has 102 valence electrons. The zero-order valence-electron chi connectivity index (χ0n) is 11.7. The maximum atomic E-state index is 5.84. The van der Waals surface area contributed by atoms with Gasteiger partial charge in [0.1, 0.15) is 0 Å². The van der Waals surface area contributed by atoms with Gasteiger partial charge in [-0.1, -0.05) is 25.1 Å². The molecule has 18 heavy (non-hydrogen) atoms. The summed E-state index contributed by atoms with van der Waals surface area (Å²) in [7, 11) is 0. The second kappa shape index (κ2) is 6.05. The lowest BCUT2D eigenvalue weighted by atomic mass is 9.90. The van der Waals surface area contributed by atoms with Gasteiger partial charge in [0, 0.05) is 13.1 Å². The third-order valence-corrected chi connectivity index (χ3v) is 4.11. The van der Waals surface area contributed by atoms with Crippen LogP contribution in [0.25, 0.3) is 0 Å². The third kappa shape index (κ3) is 3.47. The van der Waals surface area contributed by atoms with E-state index in [1.807, 2.05) is 0 Å². The lowest BCUT2D eigenvalue weighted by Gasteiger charge is -2.22. The van der Waals surface area contributed by atoms with Crippen molar-refractivity contribution in [1.82, 2.24) is 4.90 Å². The quantitative estimate of drug-likeness (QED) is 0.913. The molecule has 0 bridgehead atoms. The molecule has 2 N–H and O–H groups in total. The summed E-state index contributed by atoms with van der Waals surface area (Å²) >= 11 is 0. The Labute approximate surface area is 117 Å². The SMILES string of the molecule is Cc1ccc(CN2CCC(C)(CN)C2)cc1C.Cl. The average Bonchev–Trinajstić information content (AvgIpc) is 2.67. The zero-order chi connectivity index (χ0) is 12.5. The molecule has 0 saturated carbocycles. The fourth-order valence-electron chi connectivity index (χ4n) is 2.59. The van der Waals surface area contributed by atoms with Gasteiger partial charge < -0.3 is 5.73 Å². The van der Waals surface area contributed by atoms with Crippen molar-refractivity contribution in [1.29, 1.82) is 0 Å². The predicted molar refractivity (Wildman–Crippen MR) is 80.2 cm³/mol. The molecule has 1 aliphatic rings. The largest absolute Gasteiger partial charge is 0.330 e. The minimum Gasteiger partial charge on any atom is -0.330 e. The highest BCUT2D eigenvalue weighted by atomic mass is 35.5. The molecule has 1 unspecified atom stereocenters. The predicted octanol–water partition coefficient (Wildman–Crippen LogP) is 2.90. The molecule has 0 amide bonds. The number of hydrogen-bond acceptors (Lipinski definition) is 2. The van der Waals surface area contributed by atoms with Crippen LogP contribution in [0.2, 0.25) is 0 Å². The summed E-state index contributed by atoms with van der Waals surface area (Å²) in [5.41, 5.74) is 10.4. The van der Waals surface area contributed by atoms with E-state index >= 15 is 0 Å². The Balaban J connectivity index is 0.00000162. The van der Waals surface area contributed by atoms with Crippen LogP contribution in [0.4, 0.5) is 0 Å². The first-order chi connectivity index (χ1) is 8.02. The molecule has 1 fully saturated rings. The zero-order valence-corrected chi connectivity index (χ0v) is 12.5. The van der Waals surface area contributed by atoms with Crippen LogP contribution in [0.3, 0.4) is 0 Å². The third-order valence-electron chi connectivity index (χ3n) is 4.11. The number of likely N-dealkylation sites (tertiary alicyclic amines) is 1. The lowest BCUT2D eigenvalue weighted by Crippen LogP contribution is -2.31. The standard InChI is InChI=1S/C15H24N2.ClH/c1-12-4-5-14(8-13(12)2)9-17-7-6-15(3,10-16)11-17;/h4-5,8H,6-7,9-11,16H2,1-3H3;1H. The van der Waals surface area contributed by atoms with E-state index in [9.17, 15) is 0 Å². The lowest BCUT2D eigenvalue weighted by molar-refractivity contribution is 0.274. The van der Waals surface area contributed by atoms with Crippen molar-refractivity contribution in [3.63, 3.8) is 0 Å². The molecule has 3 heteroatoms. The van der Waals surface area contributed by atoms with Gasteiger partial charge in [-0.3, -0.25) is 4.90 Å². The van der Waals surface area contributed by atoms with Crippen LogP contribution in [0, 0.1) is 19.3 Å². The number of hydrogen-bond donors (Lipinski definition) is 1. The summed E-state index contributed by atoms with van der Waals surface area (Å²) < 4.78 is 0. The van der Waals surface area contributed by atoms with Crippen molar-refractivity contribution >= 4 is 12.4 Å².